The summed E-state index contributed by atoms with van der Waals surface area (Å²) in [4.78, 5) is 22.5. The van der Waals surface area contributed by atoms with Crippen molar-refractivity contribution in [3.63, 3.8) is 0 Å². The molecule has 1 aromatic carbocycles. The molecule has 0 aliphatic rings. The number of hydrogen-bond donors (Lipinski definition) is 2. The highest BCUT2D eigenvalue weighted by Gasteiger charge is 2.24. The van der Waals surface area contributed by atoms with Crippen LogP contribution in [0.25, 0.3) is 0 Å². The van der Waals surface area contributed by atoms with Crippen molar-refractivity contribution in [2.24, 2.45) is 0 Å². The molecular weight excluding hydrogens is 308 g/mol. The highest BCUT2D eigenvalue weighted by Crippen LogP contribution is 2.15. The molecule has 1 rings (SSSR count). The Morgan fingerprint density at radius 3 is 2.09 bits per heavy atom. The topological polar surface area (TPSA) is 104 Å². The largest absolute Gasteiger partial charge is 0.478 e. The Morgan fingerprint density at radius 1 is 1.18 bits per heavy atom. The molecule has 0 aliphatic carbocycles. The summed E-state index contributed by atoms with van der Waals surface area (Å²) < 4.78 is 25.5. The fourth-order valence-electron chi connectivity index (χ4n) is 1.69. The summed E-state index contributed by atoms with van der Waals surface area (Å²) >= 11 is 0. The predicted molar refractivity (Wildman–Crippen MR) is 81.1 cm³/mol. The van der Waals surface area contributed by atoms with Gasteiger partial charge in [0.2, 0.25) is 15.9 Å². The van der Waals surface area contributed by atoms with E-state index in [0.29, 0.717) is 0 Å². The lowest BCUT2D eigenvalue weighted by molar-refractivity contribution is -0.122. The Labute approximate surface area is 130 Å². The quantitative estimate of drug-likeness (QED) is 0.836. The molecule has 0 heterocycles. The van der Waals surface area contributed by atoms with Crippen molar-refractivity contribution < 1.29 is 23.1 Å². The number of amides is 1. The van der Waals surface area contributed by atoms with Gasteiger partial charge in [0.25, 0.3) is 0 Å². The number of carboxylic acid groups (broad SMARTS) is 1. The van der Waals surface area contributed by atoms with Gasteiger partial charge in [-0.25, -0.2) is 13.2 Å². The number of hydrogen-bond acceptors (Lipinski definition) is 4. The van der Waals surface area contributed by atoms with E-state index in [0.717, 1.165) is 4.31 Å². The summed E-state index contributed by atoms with van der Waals surface area (Å²) in [6.45, 7) is 5.07. The lowest BCUT2D eigenvalue weighted by Gasteiger charge is -2.23. The van der Waals surface area contributed by atoms with E-state index in [1.807, 2.05) is 0 Å². The molecule has 0 aromatic heterocycles. The van der Waals surface area contributed by atoms with Crippen molar-refractivity contribution >= 4 is 21.9 Å². The van der Waals surface area contributed by atoms with E-state index in [4.69, 9.17) is 5.11 Å². The Morgan fingerprint density at radius 2 is 1.68 bits per heavy atom. The summed E-state index contributed by atoms with van der Waals surface area (Å²) in [5.41, 5.74) is -0.461. The molecule has 0 saturated heterocycles. The van der Waals surface area contributed by atoms with Gasteiger partial charge in [0, 0.05) is 12.6 Å². The molecule has 0 unspecified atom stereocenters. The van der Waals surface area contributed by atoms with E-state index in [2.05, 4.69) is 5.32 Å². The lowest BCUT2D eigenvalue weighted by atomic mass is 10.1. The van der Waals surface area contributed by atoms with Crippen LogP contribution in [0.3, 0.4) is 0 Å². The second-order valence-electron chi connectivity index (χ2n) is 5.89. The molecule has 2 N–H and O–H groups in total. The number of carboxylic acids is 1. The maximum Gasteiger partial charge on any atom is 0.335 e. The van der Waals surface area contributed by atoms with Crippen molar-refractivity contribution in [3.05, 3.63) is 29.8 Å². The summed E-state index contributed by atoms with van der Waals surface area (Å²) in [5.74, 6) is -1.55. The molecular formula is C14H20N2O5S. The van der Waals surface area contributed by atoms with E-state index >= 15 is 0 Å². The van der Waals surface area contributed by atoms with E-state index in [1.54, 1.807) is 20.8 Å². The predicted octanol–water partition coefficient (Wildman–Crippen LogP) is 0.920. The molecule has 22 heavy (non-hydrogen) atoms. The van der Waals surface area contributed by atoms with Gasteiger partial charge in [-0.2, -0.15) is 4.31 Å². The first-order valence-corrected chi connectivity index (χ1v) is 7.98. The molecule has 0 aliphatic heterocycles. The standard InChI is InChI=1S/C14H20N2O5S/c1-14(2,3)15-12(17)9-16(4)22(20,21)11-7-5-10(6-8-11)13(18)19/h5-8H,9H2,1-4H3,(H,15,17)(H,18,19). The first kappa shape index (κ1) is 18.1. The number of benzene rings is 1. The van der Waals surface area contributed by atoms with Crippen LogP contribution in [0.5, 0.6) is 0 Å². The molecule has 0 bridgehead atoms. The summed E-state index contributed by atoms with van der Waals surface area (Å²) in [7, 11) is -2.56. The van der Waals surface area contributed by atoms with Crippen molar-refractivity contribution in [2.75, 3.05) is 13.6 Å². The second kappa shape index (κ2) is 6.45. The molecule has 0 saturated carbocycles. The van der Waals surface area contributed by atoms with Crippen LogP contribution in [0.4, 0.5) is 0 Å². The van der Waals surface area contributed by atoms with Crippen LogP contribution < -0.4 is 5.32 Å². The molecule has 0 radical (unpaired) electrons. The fraction of sp³-hybridized carbons (Fsp3) is 0.429. The van der Waals surface area contributed by atoms with Gasteiger partial charge in [0.05, 0.1) is 17.0 Å². The van der Waals surface area contributed by atoms with Crippen LogP contribution in [-0.2, 0) is 14.8 Å². The van der Waals surface area contributed by atoms with E-state index in [-0.39, 0.29) is 17.0 Å². The van der Waals surface area contributed by atoms with Gasteiger partial charge < -0.3 is 10.4 Å². The highest BCUT2D eigenvalue weighted by atomic mass is 32.2. The minimum absolute atomic E-state index is 0.00733. The minimum Gasteiger partial charge on any atom is -0.478 e. The van der Waals surface area contributed by atoms with Gasteiger partial charge in [-0.3, -0.25) is 4.79 Å². The van der Waals surface area contributed by atoms with E-state index in [9.17, 15) is 18.0 Å². The summed E-state index contributed by atoms with van der Waals surface area (Å²) in [6, 6.07) is 4.82. The van der Waals surface area contributed by atoms with Gasteiger partial charge in [0.15, 0.2) is 0 Å². The molecule has 0 spiro atoms. The molecule has 7 nitrogen and oxygen atoms in total. The monoisotopic (exact) mass is 328 g/mol. The van der Waals surface area contributed by atoms with E-state index < -0.39 is 27.4 Å². The first-order chi connectivity index (χ1) is 9.93. The highest BCUT2D eigenvalue weighted by molar-refractivity contribution is 7.89. The van der Waals surface area contributed by atoms with Crippen molar-refractivity contribution in [1.82, 2.24) is 9.62 Å². The average molecular weight is 328 g/mol. The van der Waals surface area contributed by atoms with Crippen LogP contribution in [0.2, 0.25) is 0 Å². The van der Waals surface area contributed by atoms with Crippen LogP contribution in [-0.4, -0.2) is 48.8 Å². The van der Waals surface area contributed by atoms with Gasteiger partial charge in [0.1, 0.15) is 0 Å². The number of aromatic carboxylic acids is 1. The molecule has 0 atom stereocenters. The van der Waals surface area contributed by atoms with Gasteiger partial charge in [-0.1, -0.05) is 0 Å². The normalized spacial score (nSPS) is 12.2. The number of rotatable bonds is 5. The van der Waals surface area contributed by atoms with Crippen LogP contribution in [0.15, 0.2) is 29.2 Å². The zero-order valence-electron chi connectivity index (χ0n) is 13.0. The number of likely N-dealkylation sites (N-methyl/N-ethyl adjacent to an activating group) is 1. The summed E-state index contributed by atoms with van der Waals surface area (Å²) in [6.07, 6.45) is 0. The Bertz CT molecular complexity index is 659. The molecule has 8 heteroatoms. The Hall–Kier alpha value is -1.93. The van der Waals surface area contributed by atoms with Gasteiger partial charge in [-0.05, 0) is 45.0 Å². The van der Waals surface area contributed by atoms with Gasteiger partial charge in [-0.15, -0.1) is 0 Å². The third kappa shape index (κ3) is 4.81. The van der Waals surface area contributed by atoms with Crippen molar-refractivity contribution in [3.8, 4) is 0 Å². The zero-order chi connectivity index (χ0) is 17.1. The third-order valence-corrected chi connectivity index (χ3v) is 4.51. The summed E-state index contributed by atoms with van der Waals surface area (Å²) in [5, 5.41) is 11.5. The SMILES string of the molecule is CN(CC(=O)NC(C)(C)C)S(=O)(=O)c1ccc(C(=O)O)cc1. The number of nitrogens with one attached hydrogen (secondary N) is 1. The average Bonchev–Trinajstić information content (AvgIpc) is 2.36. The molecule has 1 aromatic rings. The first-order valence-electron chi connectivity index (χ1n) is 6.54. The Balaban J connectivity index is 2.89. The zero-order valence-corrected chi connectivity index (χ0v) is 13.8. The fourth-order valence-corrected chi connectivity index (χ4v) is 2.82. The third-order valence-electron chi connectivity index (χ3n) is 2.69. The van der Waals surface area contributed by atoms with Crippen LogP contribution in [0.1, 0.15) is 31.1 Å². The van der Waals surface area contributed by atoms with Gasteiger partial charge >= 0.3 is 5.97 Å². The molecule has 122 valence electrons. The molecule has 0 fully saturated rings. The van der Waals surface area contributed by atoms with Crippen LogP contribution >= 0.6 is 0 Å². The van der Waals surface area contributed by atoms with Crippen LogP contribution in [0, 0.1) is 0 Å². The second-order valence-corrected chi connectivity index (χ2v) is 7.93. The maximum atomic E-state index is 12.3. The number of carbonyl (C=O) groups excluding carboxylic acids is 1. The number of carbonyl (C=O) groups is 2. The molecule has 1 amide bonds. The smallest absolute Gasteiger partial charge is 0.335 e. The number of nitrogens with zero attached hydrogens (tertiary/aromatic N) is 1. The minimum atomic E-state index is -3.85. The number of sulfonamides is 1. The maximum absolute atomic E-state index is 12.3. The van der Waals surface area contributed by atoms with E-state index in [1.165, 1.54) is 31.3 Å². The lowest BCUT2D eigenvalue weighted by Crippen LogP contribution is -2.46. The van der Waals surface area contributed by atoms with Crippen molar-refractivity contribution in [1.29, 1.82) is 0 Å². The van der Waals surface area contributed by atoms with Crippen molar-refractivity contribution in [2.45, 2.75) is 31.2 Å². The Kier molecular flexibility index (Phi) is 5.31.